The van der Waals surface area contributed by atoms with Crippen LogP contribution in [-0.4, -0.2) is 19.1 Å². The van der Waals surface area contributed by atoms with Crippen LogP contribution < -0.4 is 0 Å². The summed E-state index contributed by atoms with van der Waals surface area (Å²) < 4.78 is 4.58. The van der Waals surface area contributed by atoms with Crippen molar-refractivity contribution in [3.8, 4) is 0 Å². The van der Waals surface area contributed by atoms with Crippen LogP contribution in [0.1, 0.15) is 6.92 Å². The molecule has 0 aliphatic rings. The van der Waals surface area contributed by atoms with Gasteiger partial charge in [-0.3, -0.25) is 0 Å². The Morgan fingerprint density at radius 1 is 1.80 bits per heavy atom. The van der Waals surface area contributed by atoms with Crippen molar-refractivity contribution in [2.75, 3.05) is 13.2 Å². The van der Waals surface area contributed by atoms with Crippen LogP contribution >= 0.6 is 0 Å². The number of ether oxygens (including phenoxy) is 1. The zero-order valence-corrected chi connectivity index (χ0v) is 5.83. The molecule has 0 aromatic heterocycles. The number of hydrogen-bond acceptors (Lipinski definition) is 2. The van der Waals surface area contributed by atoms with Crippen molar-refractivity contribution in [1.82, 2.24) is 0 Å². The monoisotopic (exact) mass is 139 g/mol. The van der Waals surface area contributed by atoms with Crippen LogP contribution in [0.15, 0.2) is 12.2 Å². The molecule has 0 radical (unpaired) electrons. The Bertz CT molecular complexity index is 167. The van der Waals surface area contributed by atoms with Crippen LogP contribution in [0.3, 0.4) is 0 Å². The fourth-order valence-corrected chi connectivity index (χ4v) is 0.376. The third-order valence-corrected chi connectivity index (χ3v) is 0.750. The van der Waals surface area contributed by atoms with Gasteiger partial charge in [0, 0.05) is 6.08 Å². The molecule has 0 N–H and O–H groups in total. The maximum absolute atomic E-state index is 10.5. The van der Waals surface area contributed by atoms with E-state index in [-0.39, 0.29) is 19.1 Å². The average Bonchev–Trinajstić information content (AvgIpc) is 1.89. The highest BCUT2D eigenvalue weighted by Crippen LogP contribution is 1.81. The topological polar surface area (TPSA) is 30.7 Å². The van der Waals surface area contributed by atoms with E-state index in [2.05, 4.69) is 9.58 Å². The van der Waals surface area contributed by atoms with Crippen LogP contribution in [0.5, 0.6) is 0 Å². The zero-order valence-electron chi connectivity index (χ0n) is 5.83. The predicted molar refractivity (Wildman–Crippen MR) is 37.2 cm³/mol. The Labute approximate surface area is 60.1 Å². The van der Waals surface area contributed by atoms with Gasteiger partial charge in [-0.1, -0.05) is 6.08 Å². The lowest BCUT2D eigenvalue weighted by molar-refractivity contribution is -0.137. The van der Waals surface area contributed by atoms with Gasteiger partial charge in [-0.2, -0.15) is 0 Å². The highest BCUT2D eigenvalue weighted by molar-refractivity contribution is 5.81. The van der Waals surface area contributed by atoms with Gasteiger partial charge in [0.2, 0.25) is 6.54 Å². The van der Waals surface area contributed by atoms with E-state index in [4.69, 9.17) is 6.57 Å². The predicted octanol–water partition coefficient (Wildman–Crippen LogP) is 1.02. The van der Waals surface area contributed by atoms with Crippen LogP contribution in [0.2, 0.25) is 0 Å². The summed E-state index contributed by atoms with van der Waals surface area (Å²) in [7, 11) is 0. The van der Waals surface area contributed by atoms with Gasteiger partial charge in [-0.15, -0.1) is 0 Å². The lowest BCUT2D eigenvalue weighted by Crippen LogP contribution is -2.03. The minimum Gasteiger partial charge on any atom is -0.455 e. The summed E-state index contributed by atoms with van der Waals surface area (Å²) in [5, 5.41) is 0. The summed E-state index contributed by atoms with van der Waals surface area (Å²) >= 11 is 0. The molecule has 0 atom stereocenters. The fourth-order valence-electron chi connectivity index (χ4n) is 0.376. The molecule has 0 unspecified atom stereocenters. The standard InChI is InChI=1S/C7H9NO2/c1-3-4-7(9)10-6-5-8-2/h3-4H,5-6H2,1H3. The molecule has 0 heterocycles. The summed E-state index contributed by atoms with van der Waals surface area (Å²) in [4.78, 5) is 13.5. The van der Waals surface area contributed by atoms with Crippen molar-refractivity contribution in [2.24, 2.45) is 0 Å². The molecule has 0 saturated heterocycles. The second-order valence-electron chi connectivity index (χ2n) is 1.55. The summed E-state index contributed by atoms with van der Waals surface area (Å²) in [6.45, 7) is 8.52. The molecule has 54 valence electrons. The normalized spacial score (nSPS) is 9.20. The van der Waals surface area contributed by atoms with Gasteiger partial charge in [0.1, 0.15) is 0 Å². The Morgan fingerprint density at radius 2 is 2.50 bits per heavy atom. The number of carbonyl (C=O) groups is 1. The fraction of sp³-hybridized carbons (Fsp3) is 0.429. The first kappa shape index (κ1) is 8.70. The maximum Gasteiger partial charge on any atom is 0.330 e. The lowest BCUT2D eigenvalue weighted by atomic mass is 10.5. The number of rotatable bonds is 3. The van der Waals surface area contributed by atoms with E-state index >= 15 is 0 Å². The van der Waals surface area contributed by atoms with E-state index in [1.165, 1.54) is 6.08 Å². The van der Waals surface area contributed by atoms with E-state index in [9.17, 15) is 4.79 Å². The molecule has 0 amide bonds. The van der Waals surface area contributed by atoms with Crippen molar-refractivity contribution < 1.29 is 9.53 Å². The van der Waals surface area contributed by atoms with E-state index in [1.54, 1.807) is 13.0 Å². The SMILES string of the molecule is [C-]#[N+]CCOC(=O)C=CC. The molecule has 10 heavy (non-hydrogen) atoms. The van der Waals surface area contributed by atoms with Gasteiger partial charge in [0.05, 0.1) is 0 Å². The summed E-state index contributed by atoms with van der Waals surface area (Å²) in [6, 6.07) is 0. The maximum atomic E-state index is 10.5. The zero-order chi connectivity index (χ0) is 7.82. The number of esters is 1. The lowest BCUT2D eigenvalue weighted by Gasteiger charge is -1.92. The van der Waals surface area contributed by atoms with E-state index in [1.807, 2.05) is 0 Å². The number of carbonyl (C=O) groups excluding carboxylic acids is 1. The number of nitrogens with zero attached hydrogens (tertiary/aromatic N) is 1. The van der Waals surface area contributed by atoms with Crippen molar-refractivity contribution in [1.29, 1.82) is 0 Å². The minimum atomic E-state index is -0.383. The molecule has 3 nitrogen and oxygen atoms in total. The van der Waals surface area contributed by atoms with Crippen molar-refractivity contribution in [3.63, 3.8) is 0 Å². The first-order valence-electron chi connectivity index (χ1n) is 2.94. The van der Waals surface area contributed by atoms with Gasteiger partial charge in [-0.05, 0) is 6.92 Å². The smallest absolute Gasteiger partial charge is 0.330 e. The van der Waals surface area contributed by atoms with Gasteiger partial charge in [0.15, 0.2) is 6.61 Å². The van der Waals surface area contributed by atoms with Crippen molar-refractivity contribution in [3.05, 3.63) is 23.6 Å². The largest absolute Gasteiger partial charge is 0.455 e. The molecule has 0 spiro atoms. The Balaban J connectivity index is 3.33. The van der Waals surface area contributed by atoms with Crippen LogP contribution in [0.25, 0.3) is 4.85 Å². The van der Waals surface area contributed by atoms with Gasteiger partial charge in [0.25, 0.3) is 0 Å². The highest BCUT2D eigenvalue weighted by atomic mass is 16.5. The molecule has 0 aliphatic heterocycles. The van der Waals surface area contributed by atoms with Gasteiger partial charge < -0.3 is 9.58 Å². The quantitative estimate of drug-likeness (QED) is 0.253. The van der Waals surface area contributed by atoms with Gasteiger partial charge >= 0.3 is 5.97 Å². The highest BCUT2D eigenvalue weighted by Gasteiger charge is 1.94. The minimum absolute atomic E-state index is 0.187. The molecule has 0 fully saturated rings. The Hall–Kier alpha value is -1.30. The molecular formula is C7H9NO2. The third kappa shape index (κ3) is 4.85. The molecule has 0 bridgehead atoms. The molecule has 0 aliphatic carbocycles. The van der Waals surface area contributed by atoms with Crippen LogP contribution in [0, 0.1) is 6.57 Å². The van der Waals surface area contributed by atoms with Crippen molar-refractivity contribution in [2.45, 2.75) is 6.92 Å². The van der Waals surface area contributed by atoms with Crippen molar-refractivity contribution >= 4 is 5.97 Å². The second kappa shape index (κ2) is 5.83. The van der Waals surface area contributed by atoms with E-state index in [0.717, 1.165) is 0 Å². The molecular weight excluding hydrogens is 130 g/mol. The summed E-state index contributed by atoms with van der Waals surface area (Å²) in [6.07, 6.45) is 2.92. The average molecular weight is 139 g/mol. The second-order valence-corrected chi connectivity index (χ2v) is 1.55. The summed E-state index contributed by atoms with van der Waals surface area (Å²) in [5.74, 6) is -0.383. The Kier molecular flexibility index (Phi) is 5.07. The van der Waals surface area contributed by atoms with Gasteiger partial charge in [-0.25, -0.2) is 11.4 Å². The molecule has 0 aromatic rings. The Morgan fingerprint density at radius 3 is 3.00 bits per heavy atom. The molecule has 3 heteroatoms. The summed E-state index contributed by atoms with van der Waals surface area (Å²) in [5.41, 5.74) is 0. The molecule has 0 saturated carbocycles. The van der Waals surface area contributed by atoms with E-state index in [0.29, 0.717) is 0 Å². The number of allylic oxidation sites excluding steroid dienone is 1. The van der Waals surface area contributed by atoms with Crippen LogP contribution in [-0.2, 0) is 9.53 Å². The first-order chi connectivity index (χ1) is 4.81. The molecule has 0 aromatic carbocycles. The first-order valence-corrected chi connectivity index (χ1v) is 2.94. The molecule has 0 rings (SSSR count). The van der Waals surface area contributed by atoms with E-state index < -0.39 is 0 Å². The number of hydrogen-bond donors (Lipinski definition) is 0. The van der Waals surface area contributed by atoms with Crippen LogP contribution in [0.4, 0.5) is 0 Å². The third-order valence-electron chi connectivity index (χ3n) is 0.750.